The van der Waals surface area contributed by atoms with E-state index in [1.807, 2.05) is 30.3 Å². The van der Waals surface area contributed by atoms with Crippen LogP contribution >= 0.6 is 0 Å². The molecule has 0 saturated heterocycles. The number of benzene rings is 1. The lowest BCUT2D eigenvalue weighted by Crippen LogP contribution is -2.04. The Bertz CT molecular complexity index is 768. The van der Waals surface area contributed by atoms with Gasteiger partial charge < -0.3 is 5.73 Å². The van der Waals surface area contributed by atoms with Gasteiger partial charge in [0.25, 0.3) is 0 Å². The molecule has 2 heterocycles. The van der Waals surface area contributed by atoms with Crippen LogP contribution < -0.4 is 5.73 Å². The highest BCUT2D eigenvalue weighted by molar-refractivity contribution is 5.78. The Morgan fingerprint density at radius 3 is 2.67 bits per heavy atom. The van der Waals surface area contributed by atoms with Gasteiger partial charge in [0.2, 0.25) is 0 Å². The average Bonchev–Trinajstić information content (AvgIpc) is 2.47. The average molecular weight is 278 g/mol. The lowest BCUT2D eigenvalue weighted by atomic mass is 10.1. The Kier molecular flexibility index (Phi) is 3.77. The molecule has 1 aromatic carbocycles. The second-order valence-corrected chi connectivity index (χ2v) is 5.12. The molecule has 0 saturated carbocycles. The largest absolute Gasteiger partial charge is 0.384 e. The molecule has 0 amide bonds. The minimum Gasteiger partial charge on any atom is -0.384 e. The number of pyridine rings is 1. The summed E-state index contributed by atoms with van der Waals surface area (Å²) in [5.74, 6) is 1.34. The van der Waals surface area contributed by atoms with Crippen molar-refractivity contribution < 1.29 is 0 Å². The topological polar surface area (TPSA) is 64.7 Å². The number of nitrogen functional groups attached to an aromatic ring is 1. The first-order valence-corrected chi connectivity index (χ1v) is 7.21. The number of hydrogen-bond acceptors (Lipinski definition) is 4. The van der Waals surface area contributed by atoms with Crippen LogP contribution in [0.25, 0.3) is 10.9 Å². The van der Waals surface area contributed by atoms with Crippen molar-refractivity contribution in [3.63, 3.8) is 0 Å². The van der Waals surface area contributed by atoms with Crippen LogP contribution in [0.5, 0.6) is 0 Å². The SMILES string of the molecule is CCCc1nc(N)cc(Cc2ccc3ccccc3n2)n1. The summed E-state index contributed by atoms with van der Waals surface area (Å²) in [7, 11) is 0. The van der Waals surface area contributed by atoms with E-state index in [0.717, 1.165) is 41.0 Å². The molecule has 0 fully saturated rings. The minimum absolute atomic E-state index is 0.532. The standard InChI is InChI=1S/C17H18N4/c1-2-5-17-20-14(11-16(18)21-17)10-13-9-8-12-6-3-4-7-15(12)19-13/h3-4,6-9,11H,2,5,10H2,1H3,(H2,18,20,21). The predicted molar refractivity (Wildman–Crippen MR) is 85.0 cm³/mol. The summed E-state index contributed by atoms with van der Waals surface area (Å²) in [6.07, 6.45) is 2.54. The third-order valence-electron chi connectivity index (χ3n) is 3.34. The summed E-state index contributed by atoms with van der Waals surface area (Å²) >= 11 is 0. The molecule has 3 aromatic rings. The van der Waals surface area contributed by atoms with Gasteiger partial charge in [-0.1, -0.05) is 31.2 Å². The third kappa shape index (κ3) is 3.16. The number of aromatic nitrogens is 3. The molecule has 0 radical (unpaired) electrons. The summed E-state index contributed by atoms with van der Waals surface area (Å²) in [6, 6.07) is 14.1. The van der Waals surface area contributed by atoms with Gasteiger partial charge in [0.15, 0.2) is 0 Å². The maximum atomic E-state index is 5.86. The van der Waals surface area contributed by atoms with Gasteiger partial charge in [-0.05, 0) is 18.6 Å². The summed E-state index contributed by atoms with van der Waals surface area (Å²) in [5, 5.41) is 1.15. The van der Waals surface area contributed by atoms with Crippen LogP contribution in [0.1, 0.15) is 30.6 Å². The van der Waals surface area contributed by atoms with Crippen molar-refractivity contribution in [1.29, 1.82) is 0 Å². The molecule has 4 nitrogen and oxygen atoms in total. The van der Waals surface area contributed by atoms with E-state index in [9.17, 15) is 0 Å². The Morgan fingerprint density at radius 1 is 0.952 bits per heavy atom. The highest BCUT2D eigenvalue weighted by Gasteiger charge is 2.05. The fourth-order valence-corrected chi connectivity index (χ4v) is 2.39. The van der Waals surface area contributed by atoms with Gasteiger partial charge in [0.05, 0.1) is 11.2 Å². The lowest BCUT2D eigenvalue weighted by Gasteiger charge is -2.06. The molecular weight excluding hydrogens is 260 g/mol. The zero-order chi connectivity index (χ0) is 14.7. The van der Waals surface area contributed by atoms with Crippen LogP contribution in [0.4, 0.5) is 5.82 Å². The molecular formula is C17H18N4. The zero-order valence-electron chi connectivity index (χ0n) is 12.1. The van der Waals surface area contributed by atoms with Crippen molar-refractivity contribution in [2.24, 2.45) is 0 Å². The summed E-state index contributed by atoms with van der Waals surface area (Å²) in [4.78, 5) is 13.5. The number of nitrogens with two attached hydrogens (primary N) is 1. The number of hydrogen-bond donors (Lipinski definition) is 1. The maximum Gasteiger partial charge on any atom is 0.130 e. The van der Waals surface area contributed by atoms with E-state index in [-0.39, 0.29) is 0 Å². The Labute approximate surface area is 124 Å². The normalized spacial score (nSPS) is 10.9. The van der Waals surface area contributed by atoms with E-state index in [1.165, 1.54) is 0 Å². The molecule has 2 aromatic heterocycles. The predicted octanol–water partition coefficient (Wildman–Crippen LogP) is 3.15. The molecule has 0 aliphatic rings. The monoisotopic (exact) mass is 278 g/mol. The van der Waals surface area contributed by atoms with E-state index in [4.69, 9.17) is 5.73 Å². The number of nitrogens with zero attached hydrogens (tertiary/aromatic N) is 3. The Morgan fingerprint density at radius 2 is 1.81 bits per heavy atom. The molecule has 0 bridgehead atoms. The smallest absolute Gasteiger partial charge is 0.130 e. The van der Waals surface area contributed by atoms with Crippen molar-refractivity contribution >= 4 is 16.7 Å². The van der Waals surface area contributed by atoms with Crippen molar-refractivity contribution in [2.75, 3.05) is 5.73 Å². The summed E-state index contributed by atoms with van der Waals surface area (Å²) in [5.41, 5.74) is 8.79. The highest BCUT2D eigenvalue weighted by Crippen LogP contribution is 2.15. The van der Waals surface area contributed by atoms with Crippen LogP contribution in [0.2, 0.25) is 0 Å². The maximum absolute atomic E-state index is 5.86. The Hall–Kier alpha value is -2.49. The number of para-hydroxylation sites is 1. The van der Waals surface area contributed by atoms with Crippen molar-refractivity contribution in [3.05, 3.63) is 59.7 Å². The fourth-order valence-electron chi connectivity index (χ4n) is 2.39. The van der Waals surface area contributed by atoms with Crippen LogP contribution in [-0.4, -0.2) is 15.0 Å². The molecule has 4 heteroatoms. The molecule has 21 heavy (non-hydrogen) atoms. The molecule has 2 N–H and O–H groups in total. The van der Waals surface area contributed by atoms with E-state index in [1.54, 1.807) is 0 Å². The molecule has 0 unspecified atom stereocenters. The summed E-state index contributed by atoms with van der Waals surface area (Å²) < 4.78 is 0. The highest BCUT2D eigenvalue weighted by atomic mass is 14.9. The molecule has 0 spiro atoms. The summed E-state index contributed by atoms with van der Waals surface area (Å²) in [6.45, 7) is 2.11. The van der Waals surface area contributed by atoms with Gasteiger partial charge in [-0.25, -0.2) is 9.97 Å². The first-order valence-electron chi connectivity index (χ1n) is 7.21. The van der Waals surface area contributed by atoms with Crippen LogP contribution in [0.15, 0.2) is 42.5 Å². The number of rotatable bonds is 4. The van der Waals surface area contributed by atoms with Gasteiger partial charge in [0, 0.05) is 30.0 Å². The van der Waals surface area contributed by atoms with Crippen LogP contribution in [0.3, 0.4) is 0 Å². The fraction of sp³-hybridized carbons (Fsp3) is 0.235. The van der Waals surface area contributed by atoms with Gasteiger partial charge in [0.1, 0.15) is 11.6 Å². The first-order chi connectivity index (χ1) is 10.2. The number of fused-ring (bicyclic) bond motifs is 1. The second kappa shape index (κ2) is 5.87. The molecule has 106 valence electrons. The van der Waals surface area contributed by atoms with Crippen LogP contribution in [-0.2, 0) is 12.8 Å². The molecule has 0 aliphatic carbocycles. The molecule has 3 rings (SSSR count). The van der Waals surface area contributed by atoms with E-state index >= 15 is 0 Å². The molecule has 0 atom stereocenters. The van der Waals surface area contributed by atoms with Crippen molar-refractivity contribution in [1.82, 2.24) is 15.0 Å². The van der Waals surface area contributed by atoms with Gasteiger partial charge in [-0.3, -0.25) is 4.98 Å². The zero-order valence-corrected chi connectivity index (χ0v) is 12.1. The van der Waals surface area contributed by atoms with E-state index < -0.39 is 0 Å². The molecule has 0 aliphatic heterocycles. The quantitative estimate of drug-likeness (QED) is 0.796. The van der Waals surface area contributed by atoms with E-state index in [0.29, 0.717) is 12.2 Å². The van der Waals surface area contributed by atoms with Crippen LogP contribution in [0, 0.1) is 0 Å². The Balaban J connectivity index is 1.90. The third-order valence-corrected chi connectivity index (χ3v) is 3.34. The van der Waals surface area contributed by atoms with Gasteiger partial charge >= 0.3 is 0 Å². The number of aryl methyl sites for hydroxylation is 1. The van der Waals surface area contributed by atoms with Crippen molar-refractivity contribution in [2.45, 2.75) is 26.2 Å². The van der Waals surface area contributed by atoms with E-state index in [2.05, 4.69) is 34.0 Å². The lowest BCUT2D eigenvalue weighted by molar-refractivity contribution is 0.818. The first kappa shape index (κ1) is 13.5. The van der Waals surface area contributed by atoms with Crippen molar-refractivity contribution in [3.8, 4) is 0 Å². The number of anilines is 1. The van der Waals surface area contributed by atoms with Gasteiger partial charge in [-0.2, -0.15) is 0 Å². The van der Waals surface area contributed by atoms with Gasteiger partial charge in [-0.15, -0.1) is 0 Å². The second-order valence-electron chi connectivity index (χ2n) is 5.12. The minimum atomic E-state index is 0.532.